The summed E-state index contributed by atoms with van der Waals surface area (Å²) in [5.41, 5.74) is -0.896. The first kappa shape index (κ1) is 20.6. The molecule has 1 heterocycles. The van der Waals surface area contributed by atoms with E-state index in [4.69, 9.17) is 33.0 Å². The van der Waals surface area contributed by atoms with Crippen molar-refractivity contribution >= 4 is 41.1 Å². The summed E-state index contributed by atoms with van der Waals surface area (Å²) < 4.78 is 45.5. The Hall–Kier alpha value is -0.670. The molecule has 0 saturated carbocycles. The van der Waals surface area contributed by atoms with E-state index in [1.165, 1.54) is 11.9 Å². The number of ether oxygens (including phenoxy) is 1. The number of hydrogen-bond donors (Lipinski definition) is 1. The van der Waals surface area contributed by atoms with Gasteiger partial charge in [0.1, 0.15) is 6.61 Å². The normalized spacial score (nSPS) is 19.2. The molecule has 1 saturated heterocycles. The van der Waals surface area contributed by atoms with Crippen LogP contribution in [0.15, 0.2) is 17.0 Å². The zero-order valence-electron chi connectivity index (χ0n) is 13.0. The molecule has 0 spiro atoms. The lowest BCUT2D eigenvalue weighted by Gasteiger charge is -2.34. The highest BCUT2D eigenvalue weighted by atomic mass is 35.5. The van der Waals surface area contributed by atoms with Crippen LogP contribution in [0.1, 0.15) is 24.8 Å². The van der Waals surface area contributed by atoms with Gasteiger partial charge >= 0.3 is 12.1 Å². The van der Waals surface area contributed by atoms with Crippen LogP contribution < -0.4 is 0 Å². The van der Waals surface area contributed by atoms with Crippen molar-refractivity contribution in [3.63, 3.8) is 0 Å². The Morgan fingerprint density at radius 3 is 2.52 bits per heavy atom. The van der Waals surface area contributed by atoms with Gasteiger partial charge in [-0.3, -0.25) is 0 Å². The van der Waals surface area contributed by atoms with Crippen LogP contribution in [0.3, 0.4) is 0 Å². The lowest BCUT2D eigenvalue weighted by molar-refractivity contribution is -0.142. The molecule has 0 aliphatic carbocycles. The number of aliphatic carboxylic acids is 1. The summed E-state index contributed by atoms with van der Waals surface area (Å²) in [6, 6.07) is 1.65. The second-order valence-corrected chi connectivity index (χ2v) is 7.43. The van der Waals surface area contributed by atoms with Gasteiger partial charge in [0.05, 0.1) is 27.1 Å². The number of benzene rings is 1. The predicted octanol–water partition coefficient (Wildman–Crippen LogP) is 4.98. The molecule has 0 amide bonds. The zero-order valence-corrected chi connectivity index (χ0v) is 15.3. The first-order valence-corrected chi connectivity index (χ1v) is 9.02. The second-order valence-electron chi connectivity index (χ2n) is 5.56. The summed E-state index contributed by atoms with van der Waals surface area (Å²) in [6.07, 6.45) is -1.85. The van der Waals surface area contributed by atoms with Crippen molar-refractivity contribution in [2.45, 2.75) is 36.4 Å². The van der Waals surface area contributed by atoms with E-state index >= 15 is 0 Å². The third kappa shape index (κ3) is 5.92. The van der Waals surface area contributed by atoms with Crippen molar-refractivity contribution in [1.29, 1.82) is 0 Å². The van der Waals surface area contributed by atoms with E-state index in [-0.39, 0.29) is 22.7 Å². The summed E-state index contributed by atoms with van der Waals surface area (Å²) in [6.45, 7) is 0.505. The molecule has 1 atom stereocenters. The van der Waals surface area contributed by atoms with E-state index in [0.717, 1.165) is 31.4 Å². The van der Waals surface area contributed by atoms with Gasteiger partial charge in [0.2, 0.25) is 0 Å². The van der Waals surface area contributed by atoms with Crippen LogP contribution in [0.25, 0.3) is 0 Å². The fourth-order valence-corrected chi connectivity index (χ4v) is 4.23. The molecule has 0 radical (unpaired) electrons. The molecule has 25 heavy (non-hydrogen) atoms. The van der Waals surface area contributed by atoms with Crippen molar-refractivity contribution < 1.29 is 27.8 Å². The molecule has 0 aromatic heterocycles. The van der Waals surface area contributed by atoms with Crippen molar-refractivity contribution in [1.82, 2.24) is 4.31 Å². The number of carboxylic acids is 1. The zero-order chi connectivity index (χ0) is 18.6. The summed E-state index contributed by atoms with van der Waals surface area (Å²) in [5, 5.41) is 8.50. The molecule has 1 fully saturated rings. The van der Waals surface area contributed by atoms with Crippen molar-refractivity contribution in [2.24, 2.45) is 0 Å². The van der Waals surface area contributed by atoms with Crippen LogP contribution in [-0.2, 0) is 15.7 Å². The Morgan fingerprint density at radius 1 is 1.32 bits per heavy atom. The maximum atomic E-state index is 12.8. The lowest BCUT2D eigenvalue weighted by atomic mass is 10.1. The second kappa shape index (κ2) is 8.81. The Morgan fingerprint density at radius 2 is 1.96 bits per heavy atom. The van der Waals surface area contributed by atoms with Gasteiger partial charge in [0.25, 0.3) is 0 Å². The minimum absolute atomic E-state index is 0.0625. The molecule has 4 nitrogen and oxygen atoms in total. The standard InChI is InChI=1S/C15H16Cl2F3NO3S/c16-11-5-9(15(18,19)20)6-12(17)14(11)25-21-4-2-1-3-10(21)7-24-8-13(22)23/h5-6,10H,1-4,7-8H2,(H,22,23). The van der Waals surface area contributed by atoms with E-state index in [1.807, 2.05) is 4.31 Å². The Bertz CT molecular complexity index is 608. The molecule has 2 rings (SSSR count). The molecular formula is C15H16Cl2F3NO3S. The number of rotatable bonds is 6. The van der Waals surface area contributed by atoms with Crippen molar-refractivity contribution in [3.05, 3.63) is 27.7 Å². The number of piperidine rings is 1. The summed E-state index contributed by atoms with van der Waals surface area (Å²) >= 11 is 13.2. The number of hydrogen-bond acceptors (Lipinski definition) is 4. The molecule has 1 unspecified atom stereocenters. The average Bonchev–Trinajstić information content (AvgIpc) is 2.50. The van der Waals surface area contributed by atoms with Crippen LogP contribution in [0.5, 0.6) is 0 Å². The van der Waals surface area contributed by atoms with Gasteiger partial charge in [0, 0.05) is 12.6 Å². The van der Waals surface area contributed by atoms with E-state index in [1.54, 1.807) is 0 Å². The van der Waals surface area contributed by atoms with E-state index in [9.17, 15) is 18.0 Å². The molecule has 1 aliphatic heterocycles. The summed E-state index contributed by atoms with van der Waals surface area (Å²) in [7, 11) is 0. The molecule has 1 N–H and O–H groups in total. The van der Waals surface area contributed by atoms with Crippen molar-refractivity contribution in [2.75, 3.05) is 19.8 Å². The first-order chi connectivity index (χ1) is 11.7. The maximum Gasteiger partial charge on any atom is 0.416 e. The van der Waals surface area contributed by atoms with Gasteiger partial charge < -0.3 is 9.84 Å². The van der Waals surface area contributed by atoms with Gasteiger partial charge in [-0.15, -0.1) is 0 Å². The highest BCUT2D eigenvalue weighted by molar-refractivity contribution is 7.97. The maximum absolute atomic E-state index is 12.8. The predicted molar refractivity (Wildman–Crippen MR) is 90.1 cm³/mol. The van der Waals surface area contributed by atoms with Crippen LogP contribution in [0.4, 0.5) is 13.2 Å². The number of carbonyl (C=O) groups is 1. The number of nitrogens with zero attached hydrogens (tertiary/aromatic N) is 1. The SMILES string of the molecule is O=C(O)COCC1CCCCN1Sc1c(Cl)cc(C(F)(F)F)cc1Cl. The quantitative estimate of drug-likeness (QED) is 0.661. The number of alkyl halides is 3. The molecule has 1 aliphatic rings. The Kier molecular flexibility index (Phi) is 7.28. The van der Waals surface area contributed by atoms with Gasteiger partial charge in [-0.2, -0.15) is 13.2 Å². The monoisotopic (exact) mass is 417 g/mol. The molecule has 1 aromatic rings. The number of carboxylic acid groups (broad SMARTS) is 1. The van der Waals surface area contributed by atoms with Crippen LogP contribution in [0, 0.1) is 0 Å². The largest absolute Gasteiger partial charge is 0.480 e. The fourth-order valence-electron chi connectivity index (χ4n) is 2.47. The Balaban J connectivity index is 2.11. The summed E-state index contributed by atoms with van der Waals surface area (Å²) in [4.78, 5) is 10.9. The first-order valence-electron chi connectivity index (χ1n) is 7.49. The van der Waals surface area contributed by atoms with E-state index in [0.29, 0.717) is 11.4 Å². The van der Waals surface area contributed by atoms with Crippen molar-refractivity contribution in [3.8, 4) is 0 Å². The summed E-state index contributed by atoms with van der Waals surface area (Å²) in [5.74, 6) is -1.05. The minimum Gasteiger partial charge on any atom is -0.480 e. The third-order valence-corrected chi connectivity index (χ3v) is 5.80. The molecule has 10 heteroatoms. The van der Waals surface area contributed by atoms with Gasteiger partial charge in [-0.25, -0.2) is 9.10 Å². The van der Waals surface area contributed by atoms with Crippen LogP contribution >= 0.6 is 35.1 Å². The highest BCUT2D eigenvalue weighted by Gasteiger charge is 2.33. The molecular weight excluding hydrogens is 402 g/mol. The van der Waals surface area contributed by atoms with Gasteiger partial charge in [-0.05, 0) is 36.9 Å². The van der Waals surface area contributed by atoms with Gasteiger partial charge in [0.15, 0.2) is 0 Å². The smallest absolute Gasteiger partial charge is 0.416 e. The minimum atomic E-state index is -4.52. The molecule has 1 aromatic carbocycles. The highest BCUT2D eigenvalue weighted by Crippen LogP contribution is 2.42. The van der Waals surface area contributed by atoms with E-state index < -0.39 is 24.3 Å². The molecule has 140 valence electrons. The molecule has 0 bridgehead atoms. The van der Waals surface area contributed by atoms with Gasteiger partial charge in [-0.1, -0.05) is 29.6 Å². The number of halogens is 5. The Labute approximate surface area is 157 Å². The fraction of sp³-hybridized carbons (Fsp3) is 0.533. The van der Waals surface area contributed by atoms with E-state index in [2.05, 4.69) is 0 Å². The lowest BCUT2D eigenvalue weighted by Crippen LogP contribution is -2.38. The topological polar surface area (TPSA) is 49.8 Å². The average molecular weight is 418 g/mol. The van der Waals surface area contributed by atoms with Crippen LogP contribution in [0.2, 0.25) is 10.0 Å². The van der Waals surface area contributed by atoms with Crippen LogP contribution in [-0.4, -0.2) is 41.2 Å². The third-order valence-electron chi connectivity index (χ3n) is 3.64.